The molecule has 1 heterocycles. The molecule has 2 nitrogen and oxygen atoms in total. The molecular formula is C12H11BrN2S. The molecule has 0 radical (unpaired) electrons. The number of aromatic nitrogens is 1. The van der Waals surface area contributed by atoms with Crippen molar-refractivity contribution in [3.05, 3.63) is 52.6 Å². The standard InChI is InChI=1S/C12H11BrN2S/c13-10-5-9(8-14)6-11(7-10)16-12-3-1-2-4-15-12/h1-7H,8,14H2. The molecule has 0 spiro atoms. The summed E-state index contributed by atoms with van der Waals surface area (Å²) in [6, 6.07) is 12.1. The first-order chi connectivity index (χ1) is 7.78. The fraction of sp³-hybridized carbons (Fsp3) is 0.0833. The zero-order chi connectivity index (χ0) is 11.4. The lowest BCUT2D eigenvalue weighted by atomic mass is 10.2. The average molecular weight is 295 g/mol. The van der Waals surface area contributed by atoms with Crippen molar-refractivity contribution in [3.8, 4) is 0 Å². The molecule has 16 heavy (non-hydrogen) atoms. The van der Waals surface area contributed by atoms with E-state index in [1.54, 1.807) is 18.0 Å². The first-order valence-electron chi connectivity index (χ1n) is 4.86. The second-order valence-electron chi connectivity index (χ2n) is 3.27. The molecule has 1 aromatic heterocycles. The molecule has 0 bridgehead atoms. The van der Waals surface area contributed by atoms with Crippen LogP contribution in [0.25, 0.3) is 0 Å². The number of pyridine rings is 1. The summed E-state index contributed by atoms with van der Waals surface area (Å²) in [5.74, 6) is 0. The van der Waals surface area contributed by atoms with Gasteiger partial charge in [-0.3, -0.25) is 0 Å². The molecule has 0 atom stereocenters. The second-order valence-corrected chi connectivity index (χ2v) is 5.28. The summed E-state index contributed by atoms with van der Waals surface area (Å²) in [6.07, 6.45) is 1.80. The Morgan fingerprint density at radius 2 is 2.12 bits per heavy atom. The van der Waals surface area contributed by atoms with Gasteiger partial charge in [-0.2, -0.15) is 0 Å². The molecule has 2 aromatic rings. The summed E-state index contributed by atoms with van der Waals surface area (Å²) < 4.78 is 1.05. The van der Waals surface area contributed by atoms with E-state index in [4.69, 9.17) is 5.73 Å². The van der Waals surface area contributed by atoms with Crippen molar-refractivity contribution >= 4 is 27.7 Å². The largest absolute Gasteiger partial charge is 0.326 e. The highest BCUT2D eigenvalue weighted by atomic mass is 79.9. The van der Waals surface area contributed by atoms with Gasteiger partial charge >= 0.3 is 0 Å². The van der Waals surface area contributed by atoms with Crippen LogP contribution in [0, 0.1) is 0 Å². The molecule has 82 valence electrons. The van der Waals surface area contributed by atoms with E-state index < -0.39 is 0 Å². The monoisotopic (exact) mass is 294 g/mol. The molecule has 0 aliphatic carbocycles. The van der Waals surface area contributed by atoms with Gasteiger partial charge in [0.15, 0.2) is 0 Å². The van der Waals surface area contributed by atoms with Gasteiger partial charge in [0, 0.05) is 22.1 Å². The highest BCUT2D eigenvalue weighted by molar-refractivity contribution is 9.10. The van der Waals surface area contributed by atoms with Crippen molar-refractivity contribution < 1.29 is 0 Å². The van der Waals surface area contributed by atoms with Gasteiger partial charge in [0.05, 0.1) is 0 Å². The lowest BCUT2D eigenvalue weighted by Gasteiger charge is -2.04. The average Bonchev–Trinajstić information content (AvgIpc) is 2.29. The maximum absolute atomic E-state index is 5.64. The van der Waals surface area contributed by atoms with Gasteiger partial charge in [0.25, 0.3) is 0 Å². The maximum Gasteiger partial charge on any atom is 0.101 e. The molecule has 1 aromatic carbocycles. The number of hydrogen-bond acceptors (Lipinski definition) is 3. The van der Waals surface area contributed by atoms with E-state index in [0.717, 1.165) is 20.0 Å². The molecular weight excluding hydrogens is 284 g/mol. The Balaban J connectivity index is 2.24. The lowest BCUT2D eigenvalue weighted by Crippen LogP contribution is -1.96. The Hall–Kier alpha value is -0.840. The zero-order valence-electron chi connectivity index (χ0n) is 8.56. The van der Waals surface area contributed by atoms with Crippen LogP contribution < -0.4 is 5.73 Å². The highest BCUT2D eigenvalue weighted by Crippen LogP contribution is 2.29. The SMILES string of the molecule is NCc1cc(Br)cc(Sc2ccccn2)c1. The number of nitrogens with zero attached hydrogens (tertiary/aromatic N) is 1. The molecule has 0 saturated carbocycles. The van der Waals surface area contributed by atoms with Crippen LogP contribution in [-0.4, -0.2) is 4.98 Å². The third-order valence-corrected chi connectivity index (χ3v) is 3.41. The number of rotatable bonds is 3. The molecule has 0 aliphatic heterocycles. The van der Waals surface area contributed by atoms with E-state index in [1.165, 1.54) is 0 Å². The third-order valence-electron chi connectivity index (χ3n) is 2.03. The van der Waals surface area contributed by atoms with Crippen molar-refractivity contribution in [3.63, 3.8) is 0 Å². The first-order valence-corrected chi connectivity index (χ1v) is 6.47. The van der Waals surface area contributed by atoms with E-state index in [0.29, 0.717) is 6.54 Å². The van der Waals surface area contributed by atoms with Crippen LogP contribution in [0.15, 0.2) is 57.0 Å². The Bertz CT molecular complexity index is 474. The normalized spacial score (nSPS) is 10.4. The molecule has 0 amide bonds. The minimum atomic E-state index is 0.551. The van der Waals surface area contributed by atoms with Gasteiger partial charge in [-0.15, -0.1) is 0 Å². The summed E-state index contributed by atoms with van der Waals surface area (Å²) in [5.41, 5.74) is 6.75. The summed E-state index contributed by atoms with van der Waals surface area (Å²) in [5, 5.41) is 0.989. The van der Waals surface area contributed by atoms with Crippen molar-refractivity contribution in [2.45, 2.75) is 16.5 Å². The second kappa shape index (κ2) is 5.48. The van der Waals surface area contributed by atoms with E-state index in [2.05, 4.69) is 33.0 Å². The van der Waals surface area contributed by atoms with Gasteiger partial charge in [0.2, 0.25) is 0 Å². The highest BCUT2D eigenvalue weighted by Gasteiger charge is 2.01. The van der Waals surface area contributed by atoms with Crippen LogP contribution >= 0.6 is 27.7 Å². The van der Waals surface area contributed by atoms with Gasteiger partial charge < -0.3 is 5.73 Å². The zero-order valence-corrected chi connectivity index (χ0v) is 11.0. The lowest BCUT2D eigenvalue weighted by molar-refractivity contribution is 1.05. The quantitative estimate of drug-likeness (QED) is 0.942. The fourth-order valence-electron chi connectivity index (χ4n) is 1.33. The van der Waals surface area contributed by atoms with E-state index >= 15 is 0 Å². The van der Waals surface area contributed by atoms with Crippen LogP contribution in [0.5, 0.6) is 0 Å². The van der Waals surface area contributed by atoms with Gasteiger partial charge in [0.1, 0.15) is 5.03 Å². The summed E-state index contributed by atoms with van der Waals surface area (Å²) in [4.78, 5) is 5.42. The molecule has 0 saturated heterocycles. The fourth-order valence-corrected chi connectivity index (χ4v) is 2.92. The van der Waals surface area contributed by atoms with Crippen LogP contribution in [0.4, 0.5) is 0 Å². The minimum absolute atomic E-state index is 0.551. The van der Waals surface area contributed by atoms with Crippen molar-refractivity contribution in [2.24, 2.45) is 5.73 Å². The van der Waals surface area contributed by atoms with Gasteiger partial charge in [-0.1, -0.05) is 33.8 Å². The smallest absolute Gasteiger partial charge is 0.101 e. The Morgan fingerprint density at radius 1 is 1.25 bits per heavy atom. The predicted molar refractivity (Wildman–Crippen MR) is 70.4 cm³/mol. The topological polar surface area (TPSA) is 38.9 Å². The maximum atomic E-state index is 5.64. The van der Waals surface area contributed by atoms with Crippen molar-refractivity contribution in [2.75, 3.05) is 0 Å². The van der Waals surface area contributed by atoms with Crippen molar-refractivity contribution in [1.29, 1.82) is 0 Å². The first kappa shape index (κ1) is 11.6. The van der Waals surface area contributed by atoms with Crippen LogP contribution in [0.3, 0.4) is 0 Å². The van der Waals surface area contributed by atoms with E-state index in [9.17, 15) is 0 Å². The third kappa shape index (κ3) is 3.07. The molecule has 2 rings (SSSR count). The van der Waals surface area contributed by atoms with Crippen molar-refractivity contribution in [1.82, 2.24) is 4.98 Å². The van der Waals surface area contributed by atoms with Crippen LogP contribution in [-0.2, 0) is 6.54 Å². The molecule has 4 heteroatoms. The van der Waals surface area contributed by atoms with Crippen LogP contribution in [0.2, 0.25) is 0 Å². The summed E-state index contributed by atoms with van der Waals surface area (Å²) >= 11 is 5.11. The van der Waals surface area contributed by atoms with E-state index in [-0.39, 0.29) is 0 Å². The molecule has 0 aliphatic rings. The Labute approximate surface area is 107 Å². The predicted octanol–water partition coefficient (Wildman–Crippen LogP) is 3.45. The van der Waals surface area contributed by atoms with Gasteiger partial charge in [-0.25, -0.2) is 4.98 Å². The minimum Gasteiger partial charge on any atom is -0.326 e. The number of halogens is 1. The molecule has 0 unspecified atom stereocenters. The Kier molecular flexibility index (Phi) is 3.98. The summed E-state index contributed by atoms with van der Waals surface area (Å²) in [7, 11) is 0. The molecule has 2 N–H and O–H groups in total. The van der Waals surface area contributed by atoms with E-state index in [1.807, 2.05) is 24.3 Å². The molecule has 0 fully saturated rings. The number of nitrogens with two attached hydrogens (primary N) is 1. The van der Waals surface area contributed by atoms with Crippen LogP contribution in [0.1, 0.15) is 5.56 Å². The summed E-state index contributed by atoms with van der Waals surface area (Å²) in [6.45, 7) is 0.551. The van der Waals surface area contributed by atoms with Gasteiger partial charge in [-0.05, 0) is 35.9 Å². The number of hydrogen-bond donors (Lipinski definition) is 1. The number of benzene rings is 1. The Morgan fingerprint density at radius 3 is 2.81 bits per heavy atom.